The van der Waals surface area contributed by atoms with Crippen LogP contribution in [0.5, 0.6) is 0 Å². The van der Waals surface area contributed by atoms with Crippen LogP contribution in [-0.4, -0.2) is 30.4 Å². The lowest BCUT2D eigenvalue weighted by Crippen LogP contribution is -2.37. The van der Waals surface area contributed by atoms with Gasteiger partial charge in [-0.25, -0.2) is 8.42 Å². The molecule has 0 saturated heterocycles. The summed E-state index contributed by atoms with van der Waals surface area (Å²) in [4.78, 5) is 0. The molecule has 0 aromatic carbocycles. The van der Waals surface area contributed by atoms with E-state index in [0.717, 1.165) is 13.8 Å². The zero-order valence-electron chi connectivity index (χ0n) is 6.51. The van der Waals surface area contributed by atoms with E-state index in [0.29, 0.717) is 0 Å². The van der Waals surface area contributed by atoms with Gasteiger partial charge in [-0.15, -0.1) is 0 Å². The van der Waals surface area contributed by atoms with E-state index in [-0.39, 0.29) is 0 Å². The van der Waals surface area contributed by atoms with Gasteiger partial charge in [0.25, 0.3) is 9.84 Å². The van der Waals surface area contributed by atoms with E-state index in [2.05, 4.69) is 0 Å². The third-order valence-electron chi connectivity index (χ3n) is 0.896. The second-order valence-corrected chi connectivity index (χ2v) is 5.00. The molecule has 0 spiro atoms. The Labute approximate surface area is 68.1 Å². The SMILES string of the molecule is CC(C)(O)CS(=O)(=O)C(F)(F)F. The first-order chi connectivity index (χ1) is 4.96. The maximum absolute atomic E-state index is 11.7. The van der Waals surface area contributed by atoms with E-state index >= 15 is 0 Å². The van der Waals surface area contributed by atoms with Crippen LogP contribution in [0.3, 0.4) is 0 Å². The summed E-state index contributed by atoms with van der Waals surface area (Å²) in [6.45, 7) is 1.99. The van der Waals surface area contributed by atoms with Crippen molar-refractivity contribution in [2.45, 2.75) is 25.0 Å². The molecule has 0 atom stereocenters. The molecule has 0 bridgehead atoms. The van der Waals surface area contributed by atoms with Gasteiger partial charge in [0.2, 0.25) is 0 Å². The van der Waals surface area contributed by atoms with Gasteiger partial charge in [0.15, 0.2) is 0 Å². The van der Waals surface area contributed by atoms with Gasteiger partial charge in [-0.3, -0.25) is 0 Å². The van der Waals surface area contributed by atoms with E-state index in [1.807, 2.05) is 0 Å². The summed E-state index contributed by atoms with van der Waals surface area (Å²) in [5.74, 6) is -1.32. The Hall–Kier alpha value is -0.300. The Balaban J connectivity index is 4.70. The van der Waals surface area contributed by atoms with Crippen LogP contribution in [0, 0.1) is 0 Å². The number of hydrogen-bond acceptors (Lipinski definition) is 3. The third kappa shape index (κ3) is 3.40. The largest absolute Gasteiger partial charge is 0.497 e. The van der Waals surface area contributed by atoms with Gasteiger partial charge in [-0.1, -0.05) is 0 Å². The number of rotatable bonds is 2. The van der Waals surface area contributed by atoms with Crippen LogP contribution in [0.25, 0.3) is 0 Å². The maximum atomic E-state index is 11.7. The van der Waals surface area contributed by atoms with Gasteiger partial charge >= 0.3 is 5.51 Å². The van der Waals surface area contributed by atoms with Gasteiger partial charge in [0.1, 0.15) is 0 Å². The molecule has 0 fully saturated rings. The van der Waals surface area contributed by atoms with Gasteiger partial charge in [-0.2, -0.15) is 13.2 Å². The first-order valence-corrected chi connectivity index (χ1v) is 4.62. The number of sulfone groups is 1. The molecule has 3 nitrogen and oxygen atoms in total. The highest BCUT2D eigenvalue weighted by Crippen LogP contribution is 2.26. The van der Waals surface area contributed by atoms with Crippen molar-refractivity contribution in [3.05, 3.63) is 0 Å². The van der Waals surface area contributed by atoms with Gasteiger partial charge in [0, 0.05) is 0 Å². The van der Waals surface area contributed by atoms with E-state index in [4.69, 9.17) is 5.11 Å². The quantitative estimate of drug-likeness (QED) is 0.723. The van der Waals surface area contributed by atoms with Crippen molar-refractivity contribution in [1.29, 1.82) is 0 Å². The molecule has 0 aromatic rings. The standard InChI is InChI=1S/C5H9F3O3S/c1-4(2,9)3-12(10,11)5(6,7)8/h9H,3H2,1-2H3. The third-order valence-corrected chi connectivity index (χ3v) is 2.69. The van der Waals surface area contributed by atoms with Crippen LogP contribution in [0.15, 0.2) is 0 Å². The summed E-state index contributed by atoms with van der Waals surface area (Å²) in [6, 6.07) is 0. The predicted octanol–water partition coefficient (Wildman–Crippen LogP) is 0.692. The first-order valence-electron chi connectivity index (χ1n) is 2.97. The molecular formula is C5H9F3O3S. The maximum Gasteiger partial charge on any atom is 0.497 e. The van der Waals surface area contributed by atoms with Crippen LogP contribution in [0.1, 0.15) is 13.8 Å². The average Bonchev–Trinajstić information content (AvgIpc) is 1.52. The summed E-state index contributed by atoms with van der Waals surface area (Å²) >= 11 is 0. The highest BCUT2D eigenvalue weighted by molar-refractivity contribution is 7.92. The Morgan fingerprint density at radius 2 is 1.58 bits per heavy atom. The molecule has 0 aliphatic carbocycles. The fourth-order valence-electron chi connectivity index (χ4n) is 0.547. The summed E-state index contributed by atoms with van der Waals surface area (Å²) < 4.78 is 55.8. The van der Waals surface area contributed by atoms with Crippen LogP contribution >= 0.6 is 0 Å². The van der Waals surface area contributed by atoms with Crippen molar-refractivity contribution < 1.29 is 26.7 Å². The average molecular weight is 206 g/mol. The van der Waals surface area contributed by atoms with Crippen molar-refractivity contribution in [3.63, 3.8) is 0 Å². The molecule has 0 aromatic heterocycles. The lowest BCUT2D eigenvalue weighted by molar-refractivity contribution is -0.0454. The van der Waals surface area contributed by atoms with Gasteiger partial charge < -0.3 is 5.11 Å². The molecule has 7 heteroatoms. The molecule has 0 unspecified atom stereocenters. The predicted molar refractivity (Wildman–Crippen MR) is 36.1 cm³/mol. The molecule has 12 heavy (non-hydrogen) atoms. The summed E-state index contributed by atoms with van der Waals surface area (Å²) in [5.41, 5.74) is -7.15. The normalized spacial score (nSPS) is 14.8. The molecule has 0 rings (SSSR count). The molecule has 0 saturated carbocycles. The van der Waals surface area contributed by atoms with Crippen molar-refractivity contribution in [2.24, 2.45) is 0 Å². The smallest absolute Gasteiger partial charge is 0.389 e. The number of hydrogen-bond donors (Lipinski definition) is 1. The highest BCUT2D eigenvalue weighted by Gasteiger charge is 2.47. The fourth-order valence-corrected chi connectivity index (χ4v) is 1.64. The first kappa shape index (κ1) is 11.7. The van der Waals surface area contributed by atoms with E-state index in [9.17, 15) is 21.6 Å². The number of halogens is 3. The molecule has 0 radical (unpaired) electrons. The number of alkyl halides is 3. The molecule has 74 valence electrons. The zero-order chi connectivity index (χ0) is 10.2. The number of aliphatic hydroxyl groups is 1. The lowest BCUT2D eigenvalue weighted by atomic mass is 10.2. The van der Waals surface area contributed by atoms with E-state index < -0.39 is 26.7 Å². The Kier molecular flexibility index (Phi) is 2.81. The Morgan fingerprint density at radius 1 is 1.25 bits per heavy atom. The molecule has 1 N–H and O–H groups in total. The Bertz CT molecular complexity index is 246. The molecule has 0 aliphatic rings. The van der Waals surface area contributed by atoms with Crippen LogP contribution in [0.4, 0.5) is 13.2 Å². The van der Waals surface area contributed by atoms with Crippen molar-refractivity contribution >= 4 is 9.84 Å². The summed E-state index contributed by atoms with van der Waals surface area (Å²) in [5, 5.41) is 8.84. The summed E-state index contributed by atoms with van der Waals surface area (Å²) in [6.07, 6.45) is 0. The van der Waals surface area contributed by atoms with Crippen LogP contribution in [-0.2, 0) is 9.84 Å². The topological polar surface area (TPSA) is 54.4 Å². The molecule has 0 amide bonds. The zero-order valence-corrected chi connectivity index (χ0v) is 7.33. The van der Waals surface area contributed by atoms with Crippen molar-refractivity contribution in [3.8, 4) is 0 Å². The Morgan fingerprint density at radius 3 is 1.67 bits per heavy atom. The van der Waals surface area contributed by atoms with E-state index in [1.54, 1.807) is 0 Å². The fraction of sp³-hybridized carbons (Fsp3) is 1.00. The van der Waals surface area contributed by atoms with Gasteiger partial charge in [0.05, 0.1) is 11.4 Å². The minimum atomic E-state index is -5.28. The van der Waals surface area contributed by atoms with Crippen LogP contribution in [0.2, 0.25) is 0 Å². The van der Waals surface area contributed by atoms with Crippen LogP contribution < -0.4 is 0 Å². The molecule has 0 aliphatic heterocycles. The minimum absolute atomic E-state index is 0.996. The monoisotopic (exact) mass is 206 g/mol. The second kappa shape index (κ2) is 2.88. The second-order valence-electron chi connectivity index (χ2n) is 3.02. The summed E-state index contributed by atoms with van der Waals surface area (Å²) in [7, 11) is -5.21. The minimum Gasteiger partial charge on any atom is -0.389 e. The van der Waals surface area contributed by atoms with Gasteiger partial charge in [-0.05, 0) is 13.8 Å². The highest BCUT2D eigenvalue weighted by atomic mass is 32.2. The molecule has 0 heterocycles. The lowest BCUT2D eigenvalue weighted by Gasteiger charge is -2.17. The van der Waals surface area contributed by atoms with Crippen molar-refractivity contribution in [2.75, 3.05) is 5.75 Å². The molecular weight excluding hydrogens is 197 g/mol. The van der Waals surface area contributed by atoms with E-state index in [1.165, 1.54) is 0 Å². The van der Waals surface area contributed by atoms with Crippen molar-refractivity contribution in [1.82, 2.24) is 0 Å².